The Bertz CT molecular complexity index is 543. The van der Waals surface area contributed by atoms with Crippen LogP contribution in [0.15, 0.2) is 0 Å². The Kier molecular flexibility index (Phi) is 35.6. The first-order chi connectivity index (χ1) is 22.8. The summed E-state index contributed by atoms with van der Waals surface area (Å²) in [5, 5.41) is 0. The van der Waals surface area contributed by atoms with Gasteiger partial charge in [0.2, 0.25) is 0 Å². The van der Waals surface area contributed by atoms with Gasteiger partial charge in [-0.25, -0.2) is 0 Å². The second-order valence-corrected chi connectivity index (χ2v) is 16.2. The van der Waals surface area contributed by atoms with Gasteiger partial charge in [-0.3, -0.25) is 0 Å². The van der Waals surface area contributed by atoms with E-state index in [0.29, 0.717) is 23.9 Å². The third kappa shape index (κ3) is 30.4. The minimum atomic E-state index is 0.576. The van der Waals surface area contributed by atoms with E-state index in [1.807, 2.05) is 0 Å². The van der Waals surface area contributed by atoms with Crippen LogP contribution >= 0.6 is 0 Å². The molecule has 4 atom stereocenters. The fourth-order valence-electron chi connectivity index (χ4n) is 7.34. The molecule has 0 N–H and O–H groups in total. The average Bonchev–Trinajstić information content (AvgIpc) is 3.06. The van der Waals surface area contributed by atoms with Gasteiger partial charge in [-0.1, -0.05) is 194 Å². The molecule has 0 saturated heterocycles. The Hall–Kier alpha value is -0.120. The highest BCUT2D eigenvalue weighted by Gasteiger charge is 2.22. The molecule has 0 aromatic heterocycles. The van der Waals surface area contributed by atoms with E-state index in [-0.39, 0.29) is 0 Å². The number of unbranched alkanes of at least 4 members (excludes halogenated alkanes) is 26. The van der Waals surface area contributed by atoms with Crippen LogP contribution in [0.5, 0.6) is 0 Å². The lowest BCUT2D eigenvalue weighted by Crippen LogP contribution is -2.37. The second kappa shape index (κ2) is 35.7. The van der Waals surface area contributed by atoms with Crippen LogP contribution < -0.4 is 0 Å². The highest BCUT2D eigenvalue weighted by Crippen LogP contribution is 2.23. The van der Waals surface area contributed by atoms with Gasteiger partial charge in [0.15, 0.2) is 0 Å². The molecule has 0 heterocycles. The lowest BCUT2D eigenvalue weighted by atomic mass is 9.92. The number of hydrogen-bond donors (Lipinski definition) is 0. The maximum absolute atomic E-state index is 6.59. The summed E-state index contributed by atoms with van der Waals surface area (Å²) >= 11 is 0. The fourth-order valence-corrected chi connectivity index (χ4v) is 7.34. The highest BCUT2D eigenvalue weighted by molar-refractivity contribution is 4.75. The summed E-state index contributed by atoms with van der Waals surface area (Å²) in [7, 11) is 8.98. The van der Waals surface area contributed by atoms with E-state index in [4.69, 9.17) is 4.74 Å². The maximum atomic E-state index is 6.59. The monoisotopic (exact) mass is 665 g/mol. The summed E-state index contributed by atoms with van der Waals surface area (Å²) in [6.07, 6.45) is 42.7. The molecule has 3 heteroatoms. The van der Waals surface area contributed by atoms with Crippen molar-refractivity contribution in [3.8, 4) is 0 Å². The molecule has 47 heavy (non-hydrogen) atoms. The molecule has 3 nitrogen and oxygen atoms in total. The van der Waals surface area contributed by atoms with Crippen LogP contribution in [0, 0.1) is 11.8 Å². The Morgan fingerprint density at radius 2 is 0.553 bits per heavy atom. The normalized spacial score (nSPS) is 14.7. The lowest BCUT2D eigenvalue weighted by Gasteiger charge is -2.32. The first-order valence-corrected chi connectivity index (χ1v) is 21.8. The zero-order valence-electron chi connectivity index (χ0n) is 34.2. The predicted octanol–water partition coefficient (Wildman–Crippen LogP) is 13.9. The SMILES string of the molecule is CCCCCCCCCCCCCCCCC(COCC(CCCCCCCCCCCCCCCC)C(C)N(C)C)C(C)N(C)C. The van der Waals surface area contributed by atoms with Crippen molar-refractivity contribution in [2.45, 2.75) is 232 Å². The Labute approximate surface area is 299 Å². The van der Waals surface area contributed by atoms with Crippen molar-refractivity contribution in [1.29, 1.82) is 0 Å². The van der Waals surface area contributed by atoms with Crippen molar-refractivity contribution >= 4 is 0 Å². The van der Waals surface area contributed by atoms with Gasteiger partial charge in [-0.15, -0.1) is 0 Å². The van der Waals surface area contributed by atoms with Gasteiger partial charge in [-0.05, 0) is 66.7 Å². The van der Waals surface area contributed by atoms with Crippen LogP contribution in [0.25, 0.3) is 0 Å². The lowest BCUT2D eigenvalue weighted by molar-refractivity contribution is 0.0238. The third-order valence-corrected chi connectivity index (χ3v) is 11.5. The molecule has 0 rings (SSSR count). The third-order valence-electron chi connectivity index (χ3n) is 11.5. The zero-order chi connectivity index (χ0) is 34.8. The smallest absolute Gasteiger partial charge is 0.0509 e. The topological polar surface area (TPSA) is 15.7 Å². The summed E-state index contributed by atoms with van der Waals surface area (Å²) in [5.41, 5.74) is 0. The number of rotatable bonds is 38. The van der Waals surface area contributed by atoms with Crippen molar-refractivity contribution in [1.82, 2.24) is 9.80 Å². The van der Waals surface area contributed by atoms with E-state index >= 15 is 0 Å². The Balaban J connectivity index is 4.15. The van der Waals surface area contributed by atoms with Crippen molar-refractivity contribution in [2.24, 2.45) is 11.8 Å². The molecule has 0 aliphatic heterocycles. The summed E-state index contributed by atoms with van der Waals surface area (Å²) in [4.78, 5) is 4.82. The van der Waals surface area contributed by atoms with E-state index in [1.54, 1.807) is 0 Å². The van der Waals surface area contributed by atoms with Gasteiger partial charge in [0.1, 0.15) is 0 Å². The predicted molar refractivity (Wildman–Crippen MR) is 214 cm³/mol. The molecule has 0 aromatic carbocycles. The first-order valence-electron chi connectivity index (χ1n) is 21.8. The van der Waals surface area contributed by atoms with Crippen LogP contribution in [0.3, 0.4) is 0 Å². The summed E-state index contributed by atoms with van der Waals surface area (Å²) < 4.78 is 6.59. The van der Waals surface area contributed by atoms with E-state index in [9.17, 15) is 0 Å². The van der Waals surface area contributed by atoms with Gasteiger partial charge in [0, 0.05) is 12.1 Å². The molecule has 0 amide bonds. The minimum absolute atomic E-state index is 0.576. The van der Waals surface area contributed by atoms with Crippen molar-refractivity contribution in [2.75, 3.05) is 41.4 Å². The van der Waals surface area contributed by atoms with Crippen LogP contribution in [0.1, 0.15) is 220 Å². The number of hydrogen-bond acceptors (Lipinski definition) is 3. The molecule has 0 aliphatic carbocycles. The molecule has 0 bridgehead atoms. The van der Waals surface area contributed by atoms with Crippen LogP contribution in [-0.4, -0.2) is 63.3 Å². The Morgan fingerprint density at radius 1 is 0.340 bits per heavy atom. The molecule has 4 unspecified atom stereocenters. The zero-order valence-corrected chi connectivity index (χ0v) is 34.2. The number of nitrogens with zero attached hydrogens (tertiary/aromatic N) is 2. The van der Waals surface area contributed by atoms with Crippen molar-refractivity contribution in [3.05, 3.63) is 0 Å². The van der Waals surface area contributed by atoms with Crippen LogP contribution in [0.2, 0.25) is 0 Å². The average molecular weight is 665 g/mol. The van der Waals surface area contributed by atoms with Gasteiger partial charge in [0.25, 0.3) is 0 Å². The van der Waals surface area contributed by atoms with Crippen LogP contribution in [0.4, 0.5) is 0 Å². The van der Waals surface area contributed by atoms with Gasteiger partial charge in [-0.2, -0.15) is 0 Å². The van der Waals surface area contributed by atoms with E-state index < -0.39 is 0 Å². The van der Waals surface area contributed by atoms with E-state index in [2.05, 4.69) is 65.7 Å². The van der Waals surface area contributed by atoms with Gasteiger partial charge < -0.3 is 14.5 Å². The molecule has 284 valence electrons. The molecule has 0 saturated carbocycles. The summed E-state index contributed by atoms with van der Waals surface area (Å²) in [6.45, 7) is 11.3. The second-order valence-electron chi connectivity index (χ2n) is 16.2. The van der Waals surface area contributed by atoms with Crippen molar-refractivity contribution in [3.63, 3.8) is 0 Å². The molecular weight excluding hydrogens is 572 g/mol. The number of ether oxygens (including phenoxy) is 1. The molecule has 0 aliphatic rings. The molecule has 0 fully saturated rings. The van der Waals surface area contributed by atoms with E-state index in [0.717, 1.165) is 13.2 Å². The van der Waals surface area contributed by atoms with Gasteiger partial charge >= 0.3 is 0 Å². The summed E-state index contributed by atoms with van der Waals surface area (Å²) in [6, 6.07) is 1.15. The molecular formula is C44H92N2O. The van der Waals surface area contributed by atoms with Crippen LogP contribution in [-0.2, 0) is 4.74 Å². The Morgan fingerprint density at radius 3 is 0.766 bits per heavy atom. The van der Waals surface area contributed by atoms with E-state index in [1.165, 1.54) is 193 Å². The summed E-state index contributed by atoms with van der Waals surface area (Å²) in [5.74, 6) is 1.28. The van der Waals surface area contributed by atoms with Gasteiger partial charge in [0.05, 0.1) is 13.2 Å². The quantitative estimate of drug-likeness (QED) is 0.0611. The standard InChI is InChI=1S/C44H92N2O/c1-9-11-13-15-17-19-21-23-25-27-29-31-33-35-37-43(41(3)45(5)6)39-47-40-44(42(4)46(7)8)38-36-34-32-30-28-26-24-22-20-18-16-14-12-10-2/h41-44H,9-40H2,1-8H3. The minimum Gasteiger partial charge on any atom is -0.381 e. The molecule has 0 radical (unpaired) electrons. The molecule has 0 aromatic rings. The first kappa shape index (κ1) is 46.9. The highest BCUT2D eigenvalue weighted by atomic mass is 16.5. The molecule has 0 spiro atoms. The van der Waals surface area contributed by atoms with Crippen molar-refractivity contribution < 1.29 is 4.74 Å². The fraction of sp³-hybridized carbons (Fsp3) is 1.00. The largest absolute Gasteiger partial charge is 0.381 e. The maximum Gasteiger partial charge on any atom is 0.0509 e.